The highest BCUT2D eigenvalue weighted by Gasteiger charge is 2.17. The third-order valence-corrected chi connectivity index (χ3v) is 4.21. The van der Waals surface area contributed by atoms with Crippen molar-refractivity contribution in [2.75, 3.05) is 19.8 Å². The van der Waals surface area contributed by atoms with Crippen molar-refractivity contribution in [1.82, 2.24) is 9.88 Å². The first-order valence-corrected chi connectivity index (χ1v) is 9.23. The van der Waals surface area contributed by atoms with Crippen LogP contribution in [0.3, 0.4) is 0 Å². The third kappa shape index (κ3) is 5.63. The molecule has 0 saturated carbocycles. The zero-order valence-corrected chi connectivity index (χ0v) is 17.8. The number of nitrogen functional groups attached to an aromatic ring is 1. The van der Waals surface area contributed by atoms with E-state index in [-0.39, 0.29) is 11.7 Å². The van der Waals surface area contributed by atoms with Crippen LogP contribution >= 0.6 is 11.6 Å². The van der Waals surface area contributed by atoms with Crippen LogP contribution in [-0.2, 0) is 0 Å². The second-order valence-electron chi connectivity index (χ2n) is 6.63. The van der Waals surface area contributed by atoms with Gasteiger partial charge in [-0.1, -0.05) is 36.1 Å². The molecule has 6 N–H and O–H groups in total. The summed E-state index contributed by atoms with van der Waals surface area (Å²) in [4.78, 5) is 22.3. The average Bonchev–Trinajstić information content (AvgIpc) is 2.68. The van der Waals surface area contributed by atoms with Crippen molar-refractivity contribution in [2.45, 2.75) is 6.92 Å². The van der Waals surface area contributed by atoms with Crippen molar-refractivity contribution in [3.63, 3.8) is 0 Å². The highest BCUT2D eigenvalue weighted by Crippen LogP contribution is 2.22. The predicted octanol–water partition coefficient (Wildman–Crippen LogP) is 2.52. The first kappa shape index (κ1) is 22.5. The molecule has 1 aromatic carbocycles. The lowest BCUT2D eigenvalue weighted by atomic mass is 9.98. The van der Waals surface area contributed by atoms with Gasteiger partial charge in [-0.25, -0.2) is 9.98 Å². The highest BCUT2D eigenvalue weighted by molar-refractivity contribution is 6.34. The second kappa shape index (κ2) is 9.63. The van der Waals surface area contributed by atoms with Gasteiger partial charge in [-0.3, -0.25) is 4.79 Å². The summed E-state index contributed by atoms with van der Waals surface area (Å²) in [6.07, 6.45) is 1.56. The van der Waals surface area contributed by atoms with Crippen molar-refractivity contribution in [3.05, 3.63) is 81.9 Å². The number of rotatable bonds is 4. The zero-order chi connectivity index (χ0) is 22.4. The van der Waals surface area contributed by atoms with Crippen LogP contribution in [0.5, 0.6) is 0 Å². The number of pyridine rings is 1. The number of nitrogens with zero attached hydrogens (tertiary/aromatic N) is 3. The molecule has 0 atom stereocenters. The molecule has 154 valence electrons. The van der Waals surface area contributed by atoms with Gasteiger partial charge in [-0.05, 0) is 31.2 Å². The largest absolute Gasteiger partial charge is 0.401 e. The van der Waals surface area contributed by atoms with Gasteiger partial charge in [0.15, 0.2) is 0 Å². The number of allylic oxidation sites excluding steroid dienone is 2. The summed E-state index contributed by atoms with van der Waals surface area (Å²) in [5.74, 6) is 6.21. The highest BCUT2D eigenvalue weighted by atomic mass is 35.5. The second-order valence-corrected chi connectivity index (χ2v) is 7.03. The van der Waals surface area contributed by atoms with Gasteiger partial charge in [-0.15, -0.1) is 0 Å². The van der Waals surface area contributed by atoms with Crippen molar-refractivity contribution < 1.29 is 4.79 Å². The monoisotopic (exact) mass is 422 g/mol. The van der Waals surface area contributed by atoms with Crippen LogP contribution in [0, 0.1) is 11.8 Å². The Morgan fingerprint density at radius 1 is 1.23 bits per heavy atom. The number of aromatic nitrogens is 1. The number of hydrogen-bond acceptors (Lipinski definition) is 6. The van der Waals surface area contributed by atoms with E-state index in [1.54, 1.807) is 57.5 Å². The van der Waals surface area contributed by atoms with Crippen molar-refractivity contribution in [1.29, 1.82) is 0 Å². The smallest absolute Gasteiger partial charge is 0.254 e. The van der Waals surface area contributed by atoms with Crippen LogP contribution in [0.15, 0.2) is 65.2 Å². The number of anilines is 1. The van der Waals surface area contributed by atoms with Crippen LogP contribution in [0.2, 0.25) is 5.02 Å². The van der Waals surface area contributed by atoms with E-state index in [9.17, 15) is 4.79 Å². The van der Waals surface area contributed by atoms with Crippen LogP contribution in [0.4, 0.5) is 5.82 Å². The summed E-state index contributed by atoms with van der Waals surface area (Å²) >= 11 is 6.23. The maximum absolute atomic E-state index is 12.5. The average molecular weight is 423 g/mol. The Morgan fingerprint density at radius 3 is 2.47 bits per heavy atom. The first-order valence-electron chi connectivity index (χ1n) is 8.85. The number of carbonyl (C=O) groups is 1. The number of hydrogen-bond donors (Lipinski definition) is 3. The molecule has 1 amide bonds. The van der Waals surface area contributed by atoms with Crippen LogP contribution in [0.1, 0.15) is 28.4 Å². The Bertz CT molecular complexity index is 1100. The molecule has 0 radical (unpaired) electrons. The standard InChI is InChI=1S/C22H23ClN6O/c1-13(24)17(8-5-15-6-10-20(26)27-12-15)21(28-14(2)25)16-7-9-19(23)18(11-16)22(30)29(3)4/h6-7,9-12H,2,24-25H2,1,3-4H3,(H2,26,27)/b17-13-,28-21-. The van der Waals surface area contributed by atoms with E-state index in [4.69, 9.17) is 28.8 Å². The Hall–Kier alpha value is -3.76. The fourth-order valence-electron chi connectivity index (χ4n) is 2.44. The Balaban J connectivity index is 2.63. The summed E-state index contributed by atoms with van der Waals surface area (Å²) in [6.45, 7) is 5.34. The molecule has 1 heterocycles. The predicted molar refractivity (Wildman–Crippen MR) is 122 cm³/mol. The summed E-state index contributed by atoms with van der Waals surface area (Å²) in [7, 11) is 3.28. The normalized spacial score (nSPS) is 11.8. The van der Waals surface area contributed by atoms with E-state index in [0.717, 1.165) is 0 Å². The molecule has 0 spiro atoms. The minimum absolute atomic E-state index is 0.0649. The van der Waals surface area contributed by atoms with E-state index in [2.05, 4.69) is 28.4 Å². The molecule has 0 aliphatic rings. The number of halogens is 1. The van der Waals surface area contributed by atoms with Gasteiger partial charge < -0.3 is 22.1 Å². The minimum Gasteiger partial charge on any atom is -0.401 e. The summed E-state index contributed by atoms with van der Waals surface area (Å²) in [6, 6.07) is 8.35. The summed E-state index contributed by atoms with van der Waals surface area (Å²) < 4.78 is 0. The van der Waals surface area contributed by atoms with Crippen LogP contribution < -0.4 is 17.2 Å². The molecule has 0 unspecified atom stereocenters. The molecular formula is C22H23ClN6O. The number of carbonyl (C=O) groups excluding carboxylic acids is 1. The summed E-state index contributed by atoms with van der Waals surface area (Å²) in [5.41, 5.74) is 20.2. The minimum atomic E-state index is -0.248. The topological polar surface area (TPSA) is 124 Å². The zero-order valence-electron chi connectivity index (χ0n) is 17.0. The Kier molecular flexibility index (Phi) is 7.23. The molecule has 0 aliphatic carbocycles. The third-order valence-electron chi connectivity index (χ3n) is 3.88. The first-order chi connectivity index (χ1) is 14.1. The van der Waals surface area contributed by atoms with Gasteiger partial charge >= 0.3 is 0 Å². The molecule has 2 rings (SSSR count). The van der Waals surface area contributed by atoms with Gasteiger partial charge in [0, 0.05) is 37.1 Å². The summed E-state index contributed by atoms with van der Waals surface area (Å²) in [5, 5.41) is 0.317. The van der Waals surface area contributed by atoms with Crippen molar-refractivity contribution in [3.8, 4) is 11.8 Å². The van der Waals surface area contributed by atoms with Gasteiger partial charge in [0.05, 0.1) is 21.9 Å². The van der Waals surface area contributed by atoms with E-state index in [1.807, 2.05) is 0 Å². The van der Waals surface area contributed by atoms with Crippen LogP contribution in [0.25, 0.3) is 0 Å². The van der Waals surface area contributed by atoms with Crippen LogP contribution in [-0.4, -0.2) is 35.6 Å². The van der Waals surface area contributed by atoms with Gasteiger partial charge in [0.1, 0.15) is 11.6 Å². The van der Waals surface area contributed by atoms with Gasteiger partial charge in [-0.2, -0.15) is 0 Å². The SMILES string of the molecule is C=C(N)/N=C(\C(C#Cc1ccc(N)nc1)=C(\C)N)c1ccc(Cl)c(C(=O)N(C)C)c1. The molecule has 8 heteroatoms. The van der Waals surface area contributed by atoms with Gasteiger partial charge in [0.25, 0.3) is 5.91 Å². The lowest BCUT2D eigenvalue weighted by molar-refractivity contribution is 0.0828. The van der Waals surface area contributed by atoms with E-state index >= 15 is 0 Å². The molecule has 1 aromatic heterocycles. The molecule has 7 nitrogen and oxygen atoms in total. The fraction of sp³-hybridized carbons (Fsp3) is 0.136. The molecule has 0 saturated heterocycles. The van der Waals surface area contributed by atoms with E-state index < -0.39 is 0 Å². The maximum atomic E-state index is 12.5. The number of amides is 1. The lowest BCUT2D eigenvalue weighted by Gasteiger charge is -2.14. The molecular weight excluding hydrogens is 400 g/mol. The van der Waals surface area contributed by atoms with Crippen molar-refractivity contribution >= 4 is 29.0 Å². The maximum Gasteiger partial charge on any atom is 0.254 e. The number of aliphatic imine (C=N–C) groups is 1. The van der Waals surface area contributed by atoms with Crippen molar-refractivity contribution in [2.24, 2.45) is 16.5 Å². The molecule has 2 aromatic rings. The molecule has 0 fully saturated rings. The number of nitrogens with two attached hydrogens (primary N) is 3. The number of benzene rings is 1. The molecule has 0 aliphatic heterocycles. The quantitative estimate of drug-likeness (QED) is 0.516. The fourth-order valence-corrected chi connectivity index (χ4v) is 2.64. The lowest BCUT2D eigenvalue weighted by Crippen LogP contribution is -2.22. The molecule has 0 bridgehead atoms. The van der Waals surface area contributed by atoms with Gasteiger partial charge in [0.2, 0.25) is 0 Å². The Labute approximate surface area is 180 Å². The van der Waals surface area contributed by atoms with E-state index in [1.165, 1.54) is 4.90 Å². The molecule has 30 heavy (non-hydrogen) atoms. The Morgan fingerprint density at radius 2 is 1.93 bits per heavy atom. The van der Waals surface area contributed by atoms with E-state index in [0.29, 0.717) is 44.5 Å².